The van der Waals surface area contributed by atoms with E-state index in [1.54, 1.807) is 13.1 Å². The minimum Gasteiger partial charge on any atom is -0.381 e. The van der Waals surface area contributed by atoms with Gasteiger partial charge in [-0.15, -0.1) is 0 Å². The van der Waals surface area contributed by atoms with Gasteiger partial charge in [-0.25, -0.2) is 9.97 Å². The Morgan fingerprint density at radius 1 is 1.33 bits per heavy atom. The van der Waals surface area contributed by atoms with Crippen LogP contribution in [-0.2, 0) is 4.74 Å². The van der Waals surface area contributed by atoms with Crippen LogP contribution in [0.3, 0.4) is 0 Å². The second-order valence-electron chi connectivity index (χ2n) is 6.36. The van der Waals surface area contributed by atoms with Crippen molar-refractivity contribution >= 4 is 11.7 Å². The third kappa shape index (κ3) is 2.93. The zero-order chi connectivity index (χ0) is 14.9. The van der Waals surface area contributed by atoms with Gasteiger partial charge in [-0.1, -0.05) is 0 Å². The van der Waals surface area contributed by atoms with Crippen molar-refractivity contribution in [2.75, 3.05) is 31.2 Å². The zero-order valence-corrected chi connectivity index (χ0v) is 12.9. The molecule has 3 heterocycles. The van der Waals surface area contributed by atoms with Crippen molar-refractivity contribution in [2.45, 2.75) is 39.5 Å². The fourth-order valence-corrected chi connectivity index (χ4v) is 3.54. The number of carbonyl (C=O) groups is 1. The topological polar surface area (TPSA) is 55.3 Å². The molecular formula is C16H23N3O2. The molecule has 114 valence electrons. The lowest BCUT2D eigenvalue weighted by Crippen LogP contribution is -2.46. The Bertz CT molecular complexity index is 533. The smallest absolute Gasteiger partial charge is 0.225 e. The summed E-state index contributed by atoms with van der Waals surface area (Å²) in [5.74, 6) is 0.793. The van der Waals surface area contributed by atoms with E-state index < -0.39 is 0 Å². The van der Waals surface area contributed by atoms with Crippen LogP contribution in [0.4, 0.5) is 5.95 Å². The summed E-state index contributed by atoms with van der Waals surface area (Å²) in [5.41, 5.74) is 1.77. The molecule has 0 saturated carbocycles. The van der Waals surface area contributed by atoms with Gasteiger partial charge in [0.05, 0.1) is 11.3 Å². The van der Waals surface area contributed by atoms with Crippen molar-refractivity contribution in [3.05, 3.63) is 17.5 Å². The maximum Gasteiger partial charge on any atom is 0.225 e. The number of piperidine rings is 1. The predicted molar refractivity (Wildman–Crippen MR) is 80.7 cm³/mol. The lowest BCUT2D eigenvalue weighted by Gasteiger charge is -2.45. The molecule has 1 spiro atoms. The van der Waals surface area contributed by atoms with E-state index in [1.165, 1.54) is 12.8 Å². The number of hydrogen-bond acceptors (Lipinski definition) is 5. The third-order valence-corrected chi connectivity index (χ3v) is 4.84. The van der Waals surface area contributed by atoms with E-state index in [2.05, 4.69) is 14.9 Å². The Labute approximate surface area is 125 Å². The molecule has 5 heteroatoms. The van der Waals surface area contributed by atoms with Crippen molar-refractivity contribution in [2.24, 2.45) is 5.41 Å². The number of anilines is 1. The van der Waals surface area contributed by atoms with Crippen LogP contribution in [0.5, 0.6) is 0 Å². The van der Waals surface area contributed by atoms with Crippen LogP contribution in [0.2, 0.25) is 0 Å². The number of carbonyl (C=O) groups excluding carboxylic acids is 1. The van der Waals surface area contributed by atoms with Gasteiger partial charge in [0, 0.05) is 32.5 Å². The van der Waals surface area contributed by atoms with Crippen LogP contribution in [0.25, 0.3) is 0 Å². The van der Waals surface area contributed by atoms with Gasteiger partial charge in [-0.2, -0.15) is 0 Å². The van der Waals surface area contributed by atoms with Crippen LogP contribution in [0, 0.1) is 12.3 Å². The van der Waals surface area contributed by atoms with E-state index in [-0.39, 0.29) is 5.78 Å². The van der Waals surface area contributed by atoms with Crippen LogP contribution >= 0.6 is 0 Å². The Hall–Kier alpha value is -1.49. The molecular weight excluding hydrogens is 266 g/mol. The van der Waals surface area contributed by atoms with Gasteiger partial charge in [0.25, 0.3) is 0 Å². The molecule has 0 aromatic carbocycles. The van der Waals surface area contributed by atoms with Gasteiger partial charge in [0.2, 0.25) is 5.95 Å². The Morgan fingerprint density at radius 3 is 2.76 bits per heavy atom. The molecule has 1 aromatic rings. The first-order valence-corrected chi connectivity index (χ1v) is 7.77. The SMILES string of the molecule is CC(=O)c1cnc(N2CCCC3(CCOCC3)C2)nc1C. The monoisotopic (exact) mass is 289 g/mol. The quantitative estimate of drug-likeness (QED) is 0.782. The highest BCUT2D eigenvalue weighted by molar-refractivity contribution is 5.94. The molecule has 2 fully saturated rings. The summed E-state index contributed by atoms with van der Waals surface area (Å²) >= 11 is 0. The molecule has 0 aliphatic carbocycles. The lowest BCUT2D eigenvalue weighted by atomic mass is 9.74. The average Bonchev–Trinajstić information content (AvgIpc) is 2.47. The van der Waals surface area contributed by atoms with Gasteiger partial charge < -0.3 is 9.64 Å². The summed E-state index contributed by atoms with van der Waals surface area (Å²) in [4.78, 5) is 22.8. The summed E-state index contributed by atoms with van der Waals surface area (Å²) in [6, 6.07) is 0. The average molecular weight is 289 g/mol. The normalized spacial score (nSPS) is 21.5. The Kier molecular flexibility index (Phi) is 3.93. The highest BCUT2D eigenvalue weighted by Gasteiger charge is 2.37. The van der Waals surface area contributed by atoms with Crippen LogP contribution < -0.4 is 4.90 Å². The second kappa shape index (κ2) is 5.72. The largest absolute Gasteiger partial charge is 0.381 e. The first-order valence-electron chi connectivity index (χ1n) is 7.77. The van der Waals surface area contributed by atoms with Crippen LogP contribution in [-0.4, -0.2) is 42.1 Å². The highest BCUT2D eigenvalue weighted by Crippen LogP contribution is 2.39. The van der Waals surface area contributed by atoms with Crippen molar-refractivity contribution in [3.63, 3.8) is 0 Å². The molecule has 3 rings (SSSR count). The molecule has 0 radical (unpaired) electrons. The van der Waals surface area contributed by atoms with E-state index in [0.717, 1.165) is 50.8 Å². The van der Waals surface area contributed by atoms with E-state index in [9.17, 15) is 4.79 Å². The predicted octanol–water partition coefficient (Wildman–Crippen LogP) is 2.38. The first-order chi connectivity index (χ1) is 10.1. The summed E-state index contributed by atoms with van der Waals surface area (Å²) in [7, 11) is 0. The minimum atomic E-state index is 0.0265. The number of nitrogens with zero attached hydrogens (tertiary/aromatic N) is 3. The molecule has 2 aliphatic rings. The van der Waals surface area contributed by atoms with Crippen molar-refractivity contribution < 1.29 is 9.53 Å². The molecule has 1 aromatic heterocycles. The third-order valence-electron chi connectivity index (χ3n) is 4.84. The number of ether oxygens (including phenoxy) is 1. The zero-order valence-electron chi connectivity index (χ0n) is 12.9. The summed E-state index contributed by atoms with van der Waals surface area (Å²) in [6.45, 7) is 7.20. The van der Waals surface area contributed by atoms with Crippen molar-refractivity contribution in [3.8, 4) is 0 Å². The number of aromatic nitrogens is 2. The Morgan fingerprint density at radius 2 is 2.10 bits per heavy atom. The van der Waals surface area contributed by atoms with E-state index in [1.807, 2.05) is 6.92 Å². The molecule has 0 unspecified atom stereocenters. The molecule has 2 aliphatic heterocycles. The highest BCUT2D eigenvalue weighted by atomic mass is 16.5. The molecule has 2 saturated heterocycles. The molecule has 0 N–H and O–H groups in total. The molecule has 21 heavy (non-hydrogen) atoms. The van der Waals surface area contributed by atoms with Crippen LogP contribution in [0.1, 0.15) is 48.7 Å². The summed E-state index contributed by atoms with van der Waals surface area (Å²) < 4.78 is 5.51. The number of Topliss-reactive ketones (excluding diaryl/α,β-unsaturated/α-hetero) is 1. The second-order valence-corrected chi connectivity index (χ2v) is 6.36. The van der Waals surface area contributed by atoms with E-state index in [0.29, 0.717) is 11.0 Å². The van der Waals surface area contributed by atoms with Gasteiger partial charge in [0.1, 0.15) is 0 Å². The number of hydrogen-bond donors (Lipinski definition) is 0. The maximum atomic E-state index is 11.5. The first kappa shape index (κ1) is 14.4. The molecule has 0 atom stereocenters. The number of aryl methyl sites for hydroxylation is 1. The Balaban J connectivity index is 1.80. The van der Waals surface area contributed by atoms with Crippen molar-refractivity contribution in [1.29, 1.82) is 0 Å². The fourth-order valence-electron chi connectivity index (χ4n) is 3.54. The minimum absolute atomic E-state index is 0.0265. The van der Waals surface area contributed by atoms with Gasteiger partial charge in [0.15, 0.2) is 5.78 Å². The van der Waals surface area contributed by atoms with E-state index in [4.69, 9.17) is 4.74 Å². The summed E-state index contributed by atoms with van der Waals surface area (Å²) in [5, 5.41) is 0. The number of rotatable bonds is 2. The van der Waals surface area contributed by atoms with Gasteiger partial charge in [-0.05, 0) is 44.9 Å². The lowest BCUT2D eigenvalue weighted by molar-refractivity contribution is 0.00734. The maximum absolute atomic E-state index is 11.5. The standard InChI is InChI=1S/C16H23N3O2/c1-12-14(13(2)20)10-17-15(18-12)19-7-3-4-16(11-19)5-8-21-9-6-16/h10H,3-9,11H2,1-2H3. The molecule has 0 bridgehead atoms. The molecule has 0 amide bonds. The number of ketones is 1. The summed E-state index contributed by atoms with van der Waals surface area (Å²) in [6.07, 6.45) is 6.39. The van der Waals surface area contributed by atoms with Gasteiger partial charge in [-0.3, -0.25) is 4.79 Å². The fraction of sp³-hybridized carbons (Fsp3) is 0.688. The molecule has 5 nitrogen and oxygen atoms in total. The van der Waals surface area contributed by atoms with Crippen LogP contribution in [0.15, 0.2) is 6.20 Å². The van der Waals surface area contributed by atoms with E-state index >= 15 is 0 Å². The van der Waals surface area contributed by atoms with Gasteiger partial charge >= 0.3 is 0 Å². The van der Waals surface area contributed by atoms with Crippen molar-refractivity contribution in [1.82, 2.24) is 9.97 Å².